The highest BCUT2D eigenvalue weighted by atomic mass is 16.1. The Morgan fingerprint density at radius 2 is 1.41 bits per heavy atom. The Hall–Kier alpha value is -4.51. The highest BCUT2D eigenvalue weighted by molar-refractivity contribution is 6.15. The highest BCUT2D eigenvalue weighted by Gasteiger charge is 2.20. The molecule has 0 radical (unpaired) electrons. The molecule has 5 nitrogen and oxygen atoms in total. The Balaban J connectivity index is 1.83. The molecule has 0 aliphatic carbocycles. The maximum absolute atomic E-state index is 13.4. The zero-order chi connectivity index (χ0) is 21.9. The predicted octanol–water partition coefficient (Wildman–Crippen LogP) is 5.36. The molecular formula is C27H19N3O2. The summed E-state index contributed by atoms with van der Waals surface area (Å²) in [5, 5.41) is 3.72. The summed E-state index contributed by atoms with van der Waals surface area (Å²) in [6.45, 7) is 0. The van der Waals surface area contributed by atoms with Gasteiger partial charge in [-0.2, -0.15) is 0 Å². The van der Waals surface area contributed by atoms with Crippen molar-refractivity contribution in [3.63, 3.8) is 0 Å². The van der Waals surface area contributed by atoms with Crippen LogP contribution < -0.4 is 10.7 Å². The second-order valence-electron chi connectivity index (χ2n) is 7.33. The van der Waals surface area contributed by atoms with E-state index in [1.165, 1.54) is 12.4 Å². The summed E-state index contributed by atoms with van der Waals surface area (Å²) in [7, 11) is 0. The number of pyridine rings is 2. The molecule has 0 aliphatic heterocycles. The first-order valence-electron chi connectivity index (χ1n) is 10.2. The molecule has 5 rings (SSSR count). The molecule has 0 atom stereocenters. The van der Waals surface area contributed by atoms with E-state index in [2.05, 4.69) is 10.3 Å². The molecule has 2 aromatic heterocycles. The molecule has 154 valence electrons. The minimum Gasteiger partial charge on any atom is -0.341 e. The van der Waals surface area contributed by atoms with E-state index in [4.69, 9.17) is 0 Å². The molecule has 3 aromatic carbocycles. The number of fused-ring (bicyclic) bond motifs is 1. The van der Waals surface area contributed by atoms with Gasteiger partial charge in [0.15, 0.2) is 11.2 Å². The van der Waals surface area contributed by atoms with Gasteiger partial charge in [0.25, 0.3) is 0 Å². The predicted molar refractivity (Wildman–Crippen MR) is 127 cm³/mol. The van der Waals surface area contributed by atoms with Crippen LogP contribution in [-0.4, -0.2) is 15.3 Å². The van der Waals surface area contributed by atoms with Crippen molar-refractivity contribution in [1.82, 2.24) is 9.55 Å². The number of nitrogens with one attached hydrogen (secondary N) is 1. The monoisotopic (exact) mass is 417 g/mol. The number of anilines is 2. The second-order valence-corrected chi connectivity index (χ2v) is 7.33. The largest absolute Gasteiger partial charge is 0.341 e. The van der Waals surface area contributed by atoms with Crippen LogP contribution in [0.4, 0.5) is 11.5 Å². The summed E-state index contributed by atoms with van der Waals surface area (Å²) in [5.74, 6) is 0.373. The summed E-state index contributed by atoms with van der Waals surface area (Å²) < 4.78 is 1.90. The van der Waals surface area contributed by atoms with Crippen LogP contribution in [0.3, 0.4) is 0 Å². The Morgan fingerprint density at radius 1 is 0.781 bits per heavy atom. The highest BCUT2D eigenvalue weighted by Crippen LogP contribution is 2.28. The number of benzene rings is 3. The average Bonchev–Trinajstić information content (AvgIpc) is 2.85. The fourth-order valence-electron chi connectivity index (χ4n) is 3.78. The van der Waals surface area contributed by atoms with E-state index >= 15 is 0 Å². The van der Waals surface area contributed by atoms with Gasteiger partial charge in [-0.3, -0.25) is 19.1 Å². The Bertz CT molecular complexity index is 1460. The third-order valence-corrected chi connectivity index (χ3v) is 5.26. The molecule has 0 bridgehead atoms. The van der Waals surface area contributed by atoms with E-state index in [-0.39, 0.29) is 11.2 Å². The molecule has 1 N–H and O–H groups in total. The minimum absolute atomic E-state index is 0.190. The van der Waals surface area contributed by atoms with Crippen molar-refractivity contribution in [2.45, 2.75) is 0 Å². The van der Waals surface area contributed by atoms with E-state index in [1.807, 2.05) is 83.4 Å². The van der Waals surface area contributed by atoms with Gasteiger partial charge in [0.1, 0.15) is 5.82 Å². The molecule has 5 heteroatoms. The summed E-state index contributed by atoms with van der Waals surface area (Å²) in [5.41, 5.74) is 2.87. The van der Waals surface area contributed by atoms with Gasteiger partial charge in [0, 0.05) is 35.4 Å². The SMILES string of the molecule is O=C(c1ccccc1)c1cncc2c(=O)cc(Nc3ccccc3)n(-c3ccccc3)c12. The lowest BCUT2D eigenvalue weighted by Crippen LogP contribution is -2.16. The van der Waals surface area contributed by atoms with Crippen molar-refractivity contribution in [2.24, 2.45) is 0 Å². The Morgan fingerprint density at radius 3 is 2.09 bits per heavy atom. The maximum atomic E-state index is 13.4. The van der Waals surface area contributed by atoms with Gasteiger partial charge in [-0.25, -0.2) is 0 Å². The van der Waals surface area contributed by atoms with Crippen molar-refractivity contribution < 1.29 is 4.79 Å². The molecule has 2 heterocycles. The zero-order valence-corrected chi connectivity index (χ0v) is 17.1. The lowest BCUT2D eigenvalue weighted by atomic mass is 10.0. The zero-order valence-electron chi connectivity index (χ0n) is 17.1. The number of carbonyl (C=O) groups is 1. The van der Waals surface area contributed by atoms with Gasteiger partial charge in [-0.05, 0) is 24.3 Å². The van der Waals surface area contributed by atoms with Gasteiger partial charge in [-0.15, -0.1) is 0 Å². The lowest BCUT2D eigenvalue weighted by molar-refractivity contribution is 0.103. The van der Waals surface area contributed by atoms with E-state index in [9.17, 15) is 9.59 Å². The van der Waals surface area contributed by atoms with Gasteiger partial charge in [-0.1, -0.05) is 66.7 Å². The summed E-state index contributed by atoms with van der Waals surface area (Å²) in [6, 6.07) is 29.8. The van der Waals surface area contributed by atoms with E-state index in [1.54, 1.807) is 18.2 Å². The molecule has 0 unspecified atom stereocenters. The fourth-order valence-corrected chi connectivity index (χ4v) is 3.78. The van der Waals surface area contributed by atoms with Crippen LogP contribution >= 0.6 is 0 Å². The molecule has 0 fully saturated rings. The van der Waals surface area contributed by atoms with Crippen LogP contribution in [0.5, 0.6) is 0 Å². The van der Waals surface area contributed by atoms with Gasteiger partial charge in [0.2, 0.25) is 0 Å². The van der Waals surface area contributed by atoms with Gasteiger partial charge < -0.3 is 5.32 Å². The topological polar surface area (TPSA) is 64.0 Å². The first-order valence-corrected chi connectivity index (χ1v) is 10.2. The van der Waals surface area contributed by atoms with Crippen molar-refractivity contribution in [1.29, 1.82) is 0 Å². The fraction of sp³-hybridized carbons (Fsp3) is 0. The molecule has 0 saturated carbocycles. The van der Waals surface area contributed by atoms with Crippen LogP contribution in [-0.2, 0) is 0 Å². The van der Waals surface area contributed by atoms with E-state index in [0.717, 1.165) is 11.4 Å². The van der Waals surface area contributed by atoms with Crippen molar-refractivity contribution in [3.8, 4) is 5.69 Å². The van der Waals surface area contributed by atoms with Crippen LogP contribution in [0.1, 0.15) is 15.9 Å². The summed E-state index contributed by atoms with van der Waals surface area (Å²) >= 11 is 0. The van der Waals surface area contributed by atoms with Crippen molar-refractivity contribution >= 4 is 28.2 Å². The molecule has 0 amide bonds. The van der Waals surface area contributed by atoms with Crippen LogP contribution in [0, 0.1) is 0 Å². The first kappa shape index (κ1) is 19.5. The standard InChI is InChI=1S/C27H19N3O2/c31-24-16-25(29-20-12-6-2-7-13-20)30(21-14-8-3-9-15-21)26-22(24)17-28-18-23(26)27(32)19-10-4-1-5-11-19/h1-18,29H. The summed E-state index contributed by atoms with van der Waals surface area (Å²) in [6.07, 6.45) is 3.05. The second kappa shape index (κ2) is 8.32. The minimum atomic E-state index is -0.208. The van der Waals surface area contributed by atoms with Gasteiger partial charge >= 0.3 is 0 Å². The average molecular weight is 417 g/mol. The van der Waals surface area contributed by atoms with E-state index < -0.39 is 0 Å². The quantitative estimate of drug-likeness (QED) is 0.391. The number of ketones is 1. The number of para-hydroxylation sites is 2. The summed E-state index contributed by atoms with van der Waals surface area (Å²) in [4.78, 5) is 30.7. The number of carbonyl (C=O) groups excluding carboxylic acids is 1. The number of hydrogen-bond donors (Lipinski definition) is 1. The molecule has 0 aliphatic rings. The maximum Gasteiger partial charge on any atom is 0.196 e. The third kappa shape index (κ3) is 3.56. The molecule has 5 aromatic rings. The Kier molecular flexibility index (Phi) is 5.06. The first-order chi connectivity index (χ1) is 15.7. The van der Waals surface area contributed by atoms with Crippen LogP contribution in [0.2, 0.25) is 0 Å². The number of aromatic nitrogens is 2. The smallest absolute Gasteiger partial charge is 0.196 e. The third-order valence-electron chi connectivity index (χ3n) is 5.26. The number of hydrogen-bond acceptors (Lipinski definition) is 4. The van der Waals surface area contributed by atoms with E-state index in [0.29, 0.717) is 27.8 Å². The molecule has 0 saturated heterocycles. The normalized spacial score (nSPS) is 10.8. The molecule has 0 spiro atoms. The number of rotatable bonds is 5. The molecule has 32 heavy (non-hydrogen) atoms. The van der Waals surface area contributed by atoms with Crippen molar-refractivity contribution in [2.75, 3.05) is 5.32 Å². The molecular weight excluding hydrogens is 398 g/mol. The van der Waals surface area contributed by atoms with Crippen LogP contribution in [0.25, 0.3) is 16.6 Å². The van der Waals surface area contributed by atoms with Gasteiger partial charge in [0.05, 0.1) is 16.5 Å². The Labute approximate surface area is 184 Å². The lowest BCUT2D eigenvalue weighted by Gasteiger charge is -2.20. The van der Waals surface area contributed by atoms with Crippen LogP contribution in [0.15, 0.2) is 114 Å². The van der Waals surface area contributed by atoms with Crippen molar-refractivity contribution in [3.05, 3.63) is 131 Å². The number of nitrogens with zero attached hydrogens (tertiary/aromatic N) is 2.